The molecule has 1 amide bonds. The number of carbonyl (C=O) groups is 1. The number of nitrogens with one attached hydrogen (secondary N) is 3. The number of ether oxygens (including phenoxy) is 2. The highest BCUT2D eigenvalue weighted by Gasteiger charge is 2.35. The third-order valence-corrected chi connectivity index (χ3v) is 8.64. The van der Waals surface area contributed by atoms with Crippen LogP contribution >= 0.6 is 0 Å². The fraction of sp³-hybridized carbons (Fsp3) is 0.677. The Labute approximate surface area is 249 Å². The number of hydrogen-bond donors (Lipinski definition) is 4. The van der Waals surface area contributed by atoms with Gasteiger partial charge in [-0.25, -0.2) is 4.98 Å². The van der Waals surface area contributed by atoms with E-state index in [4.69, 9.17) is 13.9 Å². The quantitative estimate of drug-likeness (QED) is 0.261. The summed E-state index contributed by atoms with van der Waals surface area (Å²) in [6, 6.07) is 6.69. The van der Waals surface area contributed by atoms with Gasteiger partial charge in [-0.1, -0.05) is 12.5 Å². The van der Waals surface area contributed by atoms with E-state index < -0.39 is 6.10 Å². The number of fused-ring (bicyclic) bond motifs is 1. The van der Waals surface area contributed by atoms with Gasteiger partial charge >= 0.3 is 0 Å². The molecule has 42 heavy (non-hydrogen) atoms. The van der Waals surface area contributed by atoms with Crippen molar-refractivity contribution in [1.82, 2.24) is 30.7 Å². The van der Waals surface area contributed by atoms with Crippen LogP contribution in [0.1, 0.15) is 54.7 Å². The number of aliphatic hydroxyl groups is 1. The first-order valence-electron chi connectivity index (χ1n) is 15.4. The lowest BCUT2D eigenvalue weighted by Gasteiger charge is -2.40. The third kappa shape index (κ3) is 8.75. The van der Waals surface area contributed by atoms with E-state index in [1.807, 2.05) is 27.1 Å². The molecule has 0 radical (unpaired) electrons. The molecule has 1 aliphatic carbocycles. The average Bonchev–Trinajstić information content (AvgIpc) is 3.36. The van der Waals surface area contributed by atoms with Crippen LogP contribution in [0.3, 0.4) is 0 Å². The molecule has 0 bridgehead atoms. The number of hydrogen-bond acceptors (Lipinski definition) is 10. The maximum Gasteiger partial charge on any atom is 0.223 e. The highest BCUT2D eigenvalue weighted by molar-refractivity contribution is 5.78. The molecule has 2 aliphatic heterocycles. The SMILES string of the molecule is Cc1ncoc1COc1ccc2c(c1)CCN(C[C@@H](O)CNC(=O)C1CC(NC3CCC3)NC(OCCN(C)C)C1)C2. The number of benzene rings is 1. The first-order valence-corrected chi connectivity index (χ1v) is 15.4. The minimum Gasteiger partial charge on any atom is -0.486 e. The average molecular weight is 585 g/mol. The van der Waals surface area contributed by atoms with Gasteiger partial charge in [0.05, 0.1) is 24.6 Å². The van der Waals surface area contributed by atoms with Crippen molar-refractivity contribution < 1.29 is 23.8 Å². The zero-order valence-corrected chi connectivity index (χ0v) is 25.3. The molecule has 3 heterocycles. The zero-order valence-electron chi connectivity index (χ0n) is 25.3. The van der Waals surface area contributed by atoms with Crippen molar-refractivity contribution in [3.05, 3.63) is 47.2 Å². The van der Waals surface area contributed by atoms with Crippen LogP contribution in [0.4, 0.5) is 0 Å². The number of rotatable bonds is 14. The van der Waals surface area contributed by atoms with Gasteiger partial charge in [0, 0.05) is 44.7 Å². The van der Waals surface area contributed by atoms with Crippen LogP contribution in [0.15, 0.2) is 29.0 Å². The number of aryl methyl sites for hydroxylation is 1. The molecule has 1 aromatic heterocycles. The standard InChI is InChI=1S/C31H48N6O5/c1-21-28(42-20-33-21)19-41-27-8-7-23-17-37(10-9-22(23)13-27)18-26(38)16-32-31(39)24-14-29(34-25-5-4-6-25)35-30(15-24)40-12-11-36(2)3/h7-8,13,20,24-26,29-30,34-35,38H,4-6,9-12,14-19H2,1-3H3,(H,32,39)/t24?,26-,29?,30?/m0/s1. The second-order valence-electron chi connectivity index (χ2n) is 12.3. The van der Waals surface area contributed by atoms with Crippen molar-refractivity contribution in [2.24, 2.45) is 5.92 Å². The molecule has 1 saturated heterocycles. The molecule has 1 saturated carbocycles. The maximum absolute atomic E-state index is 13.2. The molecule has 11 nitrogen and oxygen atoms in total. The fourth-order valence-corrected chi connectivity index (χ4v) is 5.86. The highest BCUT2D eigenvalue weighted by atomic mass is 16.5. The monoisotopic (exact) mass is 584 g/mol. The Morgan fingerprint density at radius 3 is 2.88 bits per heavy atom. The number of likely N-dealkylation sites (N-methyl/N-ethyl adjacent to an activating group) is 1. The second-order valence-corrected chi connectivity index (χ2v) is 12.3. The van der Waals surface area contributed by atoms with Gasteiger partial charge in [-0.2, -0.15) is 0 Å². The van der Waals surface area contributed by atoms with E-state index in [2.05, 4.69) is 42.9 Å². The molecule has 5 rings (SSSR count). The summed E-state index contributed by atoms with van der Waals surface area (Å²) in [6.45, 7) is 6.07. The maximum atomic E-state index is 13.2. The molecule has 3 aliphatic rings. The van der Waals surface area contributed by atoms with E-state index in [1.165, 1.54) is 36.8 Å². The minimum absolute atomic E-state index is 0.00536. The van der Waals surface area contributed by atoms with Crippen LogP contribution in [-0.4, -0.2) is 97.2 Å². The molecule has 1 aromatic carbocycles. The van der Waals surface area contributed by atoms with Crippen molar-refractivity contribution in [3.8, 4) is 5.75 Å². The number of aliphatic hydroxyl groups excluding tert-OH is 1. The summed E-state index contributed by atoms with van der Waals surface area (Å²) in [6.07, 6.45) is 6.56. The van der Waals surface area contributed by atoms with Crippen molar-refractivity contribution in [2.45, 2.75) is 83.1 Å². The highest BCUT2D eigenvalue weighted by Crippen LogP contribution is 2.26. The number of β-amino-alcohol motifs (C(OH)–C–C–N with tert-alkyl or cyclic N) is 1. The summed E-state index contributed by atoms with van der Waals surface area (Å²) in [5, 5.41) is 21.1. The Balaban J connectivity index is 1.06. The summed E-state index contributed by atoms with van der Waals surface area (Å²) < 4.78 is 17.4. The Morgan fingerprint density at radius 1 is 1.29 bits per heavy atom. The molecule has 2 aromatic rings. The normalized spacial score (nSPS) is 23.8. The van der Waals surface area contributed by atoms with Gasteiger partial charge in [-0.05, 0) is 76.4 Å². The van der Waals surface area contributed by atoms with Gasteiger partial charge in [0.15, 0.2) is 12.2 Å². The largest absolute Gasteiger partial charge is 0.486 e. The summed E-state index contributed by atoms with van der Waals surface area (Å²) in [7, 11) is 4.05. The molecule has 232 valence electrons. The molecule has 11 heteroatoms. The summed E-state index contributed by atoms with van der Waals surface area (Å²) in [5.41, 5.74) is 3.34. The van der Waals surface area contributed by atoms with E-state index in [0.717, 1.165) is 49.7 Å². The van der Waals surface area contributed by atoms with Crippen molar-refractivity contribution >= 4 is 5.91 Å². The predicted molar refractivity (Wildman–Crippen MR) is 159 cm³/mol. The lowest BCUT2D eigenvalue weighted by molar-refractivity contribution is -0.130. The molecule has 4 atom stereocenters. The first kappa shape index (κ1) is 30.9. The van der Waals surface area contributed by atoms with Crippen LogP contribution < -0.4 is 20.7 Å². The Kier molecular flexibility index (Phi) is 10.9. The van der Waals surface area contributed by atoms with Gasteiger partial charge in [0.2, 0.25) is 5.91 Å². The molecule has 3 unspecified atom stereocenters. The number of amides is 1. The van der Waals surface area contributed by atoms with Gasteiger partial charge in [-0.15, -0.1) is 0 Å². The Morgan fingerprint density at radius 2 is 2.14 bits per heavy atom. The Bertz CT molecular complexity index is 1150. The van der Waals surface area contributed by atoms with Crippen molar-refractivity contribution in [3.63, 3.8) is 0 Å². The number of aromatic nitrogens is 1. The summed E-state index contributed by atoms with van der Waals surface area (Å²) in [5.74, 6) is 1.38. The first-order chi connectivity index (χ1) is 20.3. The lowest BCUT2D eigenvalue weighted by atomic mass is 9.89. The smallest absolute Gasteiger partial charge is 0.223 e. The molecule has 4 N–H and O–H groups in total. The van der Waals surface area contributed by atoms with Crippen LogP contribution in [0.25, 0.3) is 0 Å². The fourth-order valence-electron chi connectivity index (χ4n) is 5.86. The van der Waals surface area contributed by atoms with Crippen LogP contribution in [0.2, 0.25) is 0 Å². The van der Waals surface area contributed by atoms with Crippen LogP contribution in [0, 0.1) is 12.8 Å². The molecular weight excluding hydrogens is 536 g/mol. The molecular formula is C31H48N6O5. The number of piperidine rings is 1. The van der Waals surface area contributed by atoms with Crippen LogP contribution in [0.5, 0.6) is 5.75 Å². The summed E-state index contributed by atoms with van der Waals surface area (Å²) in [4.78, 5) is 21.6. The topological polar surface area (TPSA) is 124 Å². The zero-order chi connectivity index (χ0) is 29.5. The van der Waals surface area contributed by atoms with E-state index >= 15 is 0 Å². The van der Waals surface area contributed by atoms with Gasteiger partial charge in [0.1, 0.15) is 18.6 Å². The molecule has 2 fully saturated rings. The Hall–Kier alpha value is -2.54. The van der Waals surface area contributed by atoms with Gasteiger partial charge in [-0.3, -0.25) is 20.3 Å². The summed E-state index contributed by atoms with van der Waals surface area (Å²) >= 11 is 0. The predicted octanol–water partition coefficient (Wildman–Crippen LogP) is 1.77. The molecule has 0 spiro atoms. The lowest BCUT2D eigenvalue weighted by Crippen LogP contribution is -2.59. The van der Waals surface area contributed by atoms with Crippen LogP contribution in [-0.2, 0) is 29.1 Å². The number of oxazole rings is 1. The van der Waals surface area contributed by atoms with Crippen molar-refractivity contribution in [2.75, 3.05) is 46.9 Å². The number of carbonyl (C=O) groups excluding carboxylic acids is 1. The minimum atomic E-state index is -0.638. The van der Waals surface area contributed by atoms with E-state index in [1.54, 1.807) is 0 Å². The van der Waals surface area contributed by atoms with E-state index in [9.17, 15) is 9.90 Å². The second kappa shape index (κ2) is 14.8. The van der Waals surface area contributed by atoms with E-state index in [0.29, 0.717) is 32.2 Å². The van der Waals surface area contributed by atoms with Gasteiger partial charge in [0.25, 0.3) is 0 Å². The van der Waals surface area contributed by atoms with Crippen molar-refractivity contribution in [1.29, 1.82) is 0 Å². The number of nitrogens with zero attached hydrogens (tertiary/aromatic N) is 3. The van der Waals surface area contributed by atoms with Gasteiger partial charge < -0.3 is 29.2 Å². The van der Waals surface area contributed by atoms with E-state index in [-0.39, 0.29) is 30.8 Å². The third-order valence-electron chi connectivity index (χ3n) is 8.64.